The van der Waals surface area contributed by atoms with Crippen LogP contribution in [-0.2, 0) is 13.5 Å². The lowest BCUT2D eigenvalue weighted by atomic mass is 10.1. The van der Waals surface area contributed by atoms with Gasteiger partial charge in [0.15, 0.2) is 0 Å². The molecule has 5 nitrogen and oxygen atoms in total. The molecule has 0 aliphatic carbocycles. The third-order valence-electron chi connectivity index (χ3n) is 2.31. The van der Waals surface area contributed by atoms with Crippen molar-refractivity contribution < 1.29 is 0 Å². The molecule has 0 bridgehead atoms. The van der Waals surface area contributed by atoms with Crippen LogP contribution < -0.4 is 5.73 Å². The number of anilines is 1. The molecule has 0 amide bonds. The summed E-state index contributed by atoms with van der Waals surface area (Å²) in [6, 6.07) is 0. The fraction of sp³-hybridized carbons (Fsp3) is 0.300. The molecule has 0 radical (unpaired) electrons. The Morgan fingerprint density at radius 3 is 2.88 bits per heavy atom. The molecule has 0 aliphatic rings. The number of nitrogen functional groups attached to an aromatic ring is 1. The highest BCUT2D eigenvalue weighted by Crippen LogP contribution is 2.30. The van der Waals surface area contributed by atoms with Crippen molar-refractivity contribution in [1.29, 1.82) is 0 Å². The van der Waals surface area contributed by atoms with Gasteiger partial charge in [0, 0.05) is 18.8 Å². The van der Waals surface area contributed by atoms with Crippen molar-refractivity contribution in [2.24, 2.45) is 7.05 Å². The SMILES string of the molecule is CCc1nn(C)cc1-c1ncnc(N)c1Cl. The molecule has 2 N–H and O–H groups in total. The van der Waals surface area contributed by atoms with E-state index in [1.807, 2.05) is 20.2 Å². The summed E-state index contributed by atoms with van der Waals surface area (Å²) in [6.45, 7) is 2.03. The van der Waals surface area contributed by atoms with Crippen molar-refractivity contribution in [2.75, 3.05) is 5.73 Å². The third-order valence-corrected chi connectivity index (χ3v) is 2.68. The molecule has 6 heteroatoms. The number of aryl methyl sites for hydroxylation is 2. The Kier molecular flexibility index (Phi) is 2.78. The van der Waals surface area contributed by atoms with Gasteiger partial charge >= 0.3 is 0 Å². The van der Waals surface area contributed by atoms with Crippen molar-refractivity contribution in [2.45, 2.75) is 13.3 Å². The van der Waals surface area contributed by atoms with Gasteiger partial charge in [0.1, 0.15) is 17.2 Å². The topological polar surface area (TPSA) is 69.6 Å². The summed E-state index contributed by atoms with van der Waals surface area (Å²) in [5.74, 6) is 0.289. The Balaban J connectivity index is 2.62. The number of aromatic nitrogens is 4. The molecule has 0 atom stereocenters. The van der Waals surface area contributed by atoms with Gasteiger partial charge in [-0.1, -0.05) is 18.5 Å². The van der Waals surface area contributed by atoms with Crippen molar-refractivity contribution in [3.05, 3.63) is 23.2 Å². The first-order valence-corrected chi connectivity index (χ1v) is 5.30. The minimum absolute atomic E-state index is 0.289. The van der Waals surface area contributed by atoms with Crippen LogP contribution in [0.3, 0.4) is 0 Å². The molecule has 0 spiro atoms. The van der Waals surface area contributed by atoms with E-state index in [-0.39, 0.29) is 5.82 Å². The van der Waals surface area contributed by atoms with Crippen LogP contribution in [0.2, 0.25) is 5.02 Å². The minimum Gasteiger partial charge on any atom is -0.382 e. The van der Waals surface area contributed by atoms with Crippen molar-refractivity contribution in [1.82, 2.24) is 19.7 Å². The maximum absolute atomic E-state index is 6.08. The van der Waals surface area contributed by atoms with Crippen molar-refractivity contribution in [3.8, 4) is 11.3 Å². The smallest absolute Gasteiger partial charge is 0.146 e. The zero-order chi connectivity index (χ0) is 11.7. The van der Waals surface area contributed by atoms with Crippen LogP contribution in [0.1, 0.15) is 12.6 Å². The van der Waals surface area contributed by atoms with Gasteiger partial charge in [-0.15, -0.1) is 0 Å². The zero-order valence-electron chi connectivity index (χ0n) is 9.11. The molecule has 2 aromatic heterocycles. The van der Waals surface area contributed by atoms with Crippen LogP contribution in [0, 0.1) is 0 Å². The van der Waals surface area contributed by atoms with E-state index >= 15 is 0 Å². The second-order valence-corrected chi connectivity index (χ2v) is 3.82. The highest BCUT2D eigenvalue weighted by atomic mass is 35.5. The quantitative estimate of drug-likeness (QED) is 0.863. The fourth-order valence-electron chi connectivity index (χ4n) is 1.56. The number of halogens is 1. The standard InChI is InChI=1S/C10H12ClN5/c1-3-7-6(4-16(2)15-7)9-8(11)10(12)14-5-13-9/h4-5H,3H2,1-2H3,(H2,12,13,14). The average molecular weight is 238 g/mol. The Morgan fingerprint density at radius 1 is 1.44 bits per heavy atom. The fourth-order valence-corrected chi connectivity index (χ4v) is 1.76. The average Bonchev–Trinajstić information content (AvgIpc) is 2.63. The second kappa shape index (κ2) is 4.09. The first kappa shape index (κ1) is 10.9. The van der Waals surface area contributed by atoms with E-state index < -0.39 is 0 Å². The summed E-state index contributed by atoms with van der Waals surface area (Å²) < 4.78 is 1.74. The summed E-state index contributed by atoms with van der Waals surface area (Å²) in [6.07, 6.45) is 4.10. The lowest BCUT2D eigenvalue weighted by molar-refractivity contribution is 0.746. The van der Waals surface area contributed by atoms with E-state index in [0.717, 1.165) is 17.7 Å². The van der Waals surface area contributed by atoms with Gasteiger partial charge in [0.2, 0.25) is 0 Å². The van der Waals surface area contributed by atoms with E-state index in [1.54, 1.807) is 4.68 Å². The van der Waals surface area contributed by atoms with E-state index in [9.17, 15) is 0 Å². The van der Waals surface area contributed by atoms with Crippen molar-refractivity contribution >= 4 is 17.4 Å². The normalized spacial score (nSPS) is 10.7. The van der Waals surface area contributed by atoms with Crippen LogP contribution in [0.4, 0.5) is 5.82 Å². The Hall–Kier alpha value is -1.62. The highest BCUT2D eigenvalue weighted by molar-refractivity contribution is 6.35. The van der Waals surface area contributed by atoms with Crippen LogP contribution in [0.15, 0.2) is 12.5 Å². The third kappa shape index (κ3) is 1.74. The maximum Gasteiger partial charge on any atom is 0.146 e. The van der Waals surface area contributed by atoms with Crippen LogP contribution in [-0.4, -0.2) is 19.7 Å². The summed E-state index contributed by atoms with van der Waals surface area (Å²) >= 11 is 6.08. The molecule has 0 aromatic carbocycles. The number of nitrogens with zero attached hydrogens (tertiary/aromatic N) is 4. The molecular formula is C10H12ClN5. The van der Waals surface area contributed by atoms with Gasteiger partial charge < -0.3 is 5.73 Å². The van der Waals surface area contributed by atoms with Crippen LogP contribution in [0.25, 0.3) is 11.3 Å². The summed E-state index contributed by atoms with van der Waals surface area (Å²) in [5, 5.41) is 4.71. The minimum atomic E-state index is 0.289. The molecular weight excluding hydrogens is 226 g/mol. The van der Waals surface area contributed by atoms with Gasteiger partial charge in [-0.3, -0.25) is 4.68 Å². The molecule has 84 valence electrons. The van der Waals surface area contributed by atoms with E-state index in [1.165, 1.54) is 6.33 Å². The maximum atomic E-state index is 6.08. The Morgan fingerprint density at radius 2 is 2.19 bits per heavy atom. The molecule has 2 aromatic rings. The largest absolute Gasteiger partial charge is 0.382 e. The van der Waals surface area contributed by atoms with Gasteiger partial charge in [0.05, 0.1) is 11.4 Å². The summed E-state index contributed by atoms with van der Waals surface area (Å²) in [4.78, 5) is 7.99. The number of rotatable bonds is 2. The Bertz CT molecular complexity index is 520. The van der Waals surface area contributed by atoms with Gasteiger partial charge in [0.25, 0.3) is 0 Å². The highest BCUT2D eigenvalue weighted by Gasteiger charge is 2.14. The van der Waals surface area contributed by atoms with Crippen molar-refractivity contribution in [3.63, 3.8) is 0 Å². The summed E-state index contributed by atoms with van der Waals surface area (Å²) in [5.41, 5.74) is 8.14. The molecule has 0 fully saturated rings. The molecule has 0 unspecified atom stereocenters. The molecule has 2 rings (SSSR count). The Labute approximate surface area is 98.3 Å². The monoisotopic (exact) mass is 237 g/mol. The second-order valence-electron chi connectivity index (χ2n) is 3.44. The first-order chi connectivity index (χ1) is 7.63. The lowest BCUT2D eigenvalue weighted by Crippen LogP contribution is -1.96. The van der Waals surface area contributed by atoms with Gasteiger partial charge in [-0.05, 0) is 6.42 Å². The van der Waals surface area contributed by atoms with E-state index in [0.29, 0.717) is 10.7 Å². The predicted octanol–water partition coefficient (Wildman–Crippen LogP) is 1.68. The van der Waals surface area contributed by atoms with Gasteiger partial charge in [-0.25, -0.2) is 9.97 Å². The molecule has 0 saturated carbocycles. The predicted molar refractivity (Wildman–Crippen MR) is 63.0 cm³/mol. The molecule has 0 aliphatic heterocycles. The number of hydrogen-bond acceptors (Lipinski definition) is 4. The van der Waals surface area contributed by atoms with Gasteiger partial charge in [-0.2, -0.15) is 5.10 Å². The molecule has 0 saturated heterocycles. The number of hydrogen-bond donors (Lipinski definition) is 1. The zero-order valence-corrected chi connectivity index (χ0v) is 9.86. The first-order valence-electron chi connectivity index (χ1n) is 4.92. The molecule has 2 heterocycles. The molecule has 16 heavy (non-hydrogen) atoms. The summed E-state index contributed by atoms with van der Waals surface area (Å²) in [7, 11) is 1.86. The lowest BCUT2D eigenvalue weighted by Gasteiger charge is -2.03. The van der Waals surface area contributed by atoms with Crippen LogP contribution >= 0.6 is 11.6 Å². The van der Waals surface area contributed by atoms with E-state index in [4.69, 9.17) is 17.3 Å². The number of nitrogens with two attached hydrogens (primary N) is 1. The van der Waals surface area contributed by atoms with E-state index in [2.05, 4.69) is 15.1 Å². The van der Waals surface area contributed by atoms with Crippen LogP contribution in [0.5, 0.6) is 0 Å².